The molecule has 2 aromatic carbocycles. The monoisotopic (exact) mass is 569 g/mol. The molecule has 0 aromatic heterocycles. The fourth-order valence-corrected chi connectivity index (χ4v) is 5.39. The molecule has 1 N–H and O–H groups in total. The van der Waals surface area contributed by atoms with Gasteiger partial charge in [-0.05, 0) is 49.9 Å². The summed E-state index contributed by atoms with van der Waals surface area (Å²) in [6.07, 6.45) is 1.87. The van der Waals surface area contributed by atoms with Gasteiger partial charge in [0.1, 0.15) is 6.04 Å². The molecule has 37 heavy (non-hydrogen) atoms. The maximum absolute atomic E-state index is 13.5. The highest BCUT2D eigenvalue weighted by Gasteiger charge is 2.30. The Morgan fingerprint density at radius 2 is 1.62 bits per heavy atom. The molecular formula is C27H37Cl2N3O4S. The number of hydrogen-bond acceptors (Lipinski definition) is 4. The summed E-state index contributed by atoms with van der Waals surface area (Å²) in [6.45, 7) is 8.45. The normalized spacial score (nSPS) is 12.3. The van der Waals surface area contributed by atoms with Crippen molar-refractivity contribution in [3.8, 4) is 0 Å². The maximum Gasteiger partial charge on any atom is 0.242 e. The molecule has 0 heterocycles. The number of halogens is 2. The predicted octanol–water partition coefficient (Wildman–Crippen LogP) is 5.43. The molecule has 0 radical (unpaired) electrons. The highest BCUT2D eigenvalue weighted by Crippen LogP contribution is 2.27. The molecule has 0 fully saturated rings. The third kappa shape index (κ3) is 9.20. The summed E-state index contributed by atoms with van der Waals surface area (Å²) in [7, 11) is -3.55. The molecule has 0 bridgehead atoms. The summed E-state index contributed by atoms with van der Waals surface area (Å²) < 4.78 is 26.2. The smallest absolute Gasteiger partial charge is 0.242 e. The number of nitrogens with zero attached hydrogens (tertiary/aromatic N) is 2. The van der Waals surface area contributed by atoms with Crippen LogP contribution in [0.15, 0.2) is 42.5 Å². The second-order valence-corrected chi connectivity index (χ2v) is 12.3. The molecule has 0 aliphatic heterocycles. The summed E-state index contributed by atoms with van der Waals surface area (Å²) >= 11 is 12.8. The molecule has 0 saturated carbocycles. The van der Waals surface area contributed by atoms with Gasteiger partial charge in [0.15, 0.2) is 0 Å². The number of nitrogens with one attached hydrogen (secondary N) is 1. The van der Waals surface area contributed by atoms with E-state index in [0.29, 0.717) is 34.3 Å². The van der Waals surface area contributed by atoms with Crippen LogP contribution in [0.25, 0.3) is 0 Å². The Morgan fingerprint density at radius 3 is 2.14 bits per heavy atom. The van der Waals surface area contributed by atoms with E-state index in [9.17, 15) is 18.0 Å². The van der Waals surface area contributed by atoms with Crippen LogP contribution >= 0.6 is 23.2 Å². The van der Waals surface area contributed by atoms with E-state index in [1.54, 1.807) is 30.3 Å². The van der Waals surface area contributed by atoms with Crippen molar-refractivity contribution in [3.63, 3.8) is 0 Å². The predicted molar refractivity (Wildman–Crippen MR) is 152 cm³/mol. The Hall–Kier alpha value is -2.29. The number of benzene rings is 2. The van der Waals surface area contributed by atoms with Crippen molar-refractivity contribution >= 4 is 50.7 Å². The van der Waals surface area contributed by atoms with Crippen LogP contribution < -0.4 is 9.62 Å². The number of anilines is 1. The fourth-order valence-electron chi connectivity index (χ4n) is 3.91. The average Bonchev–Trinajstić information content (AvgIpc) is 2.82. The summed E-state index contributed by atoms with van der Waals surface area (Å²) in [5, 5.41) is 3.73. The van der Waals surface area contributed by atoms with E-state index < -0.39 is 16.1 Å². The Kier molecular flexibility index (Phi) is 11.7. The molecule has 2 amide bonds. The van der Waals surface area contributed by atoms with Gasteiger partial charge in [-0.2, -0.15) is 0 Å². The van der Waals surface area contributed by atoms with E-state index in [1.807, 2.05) is 39.8 Å². The SMILES string of the molecule is CC[C@H](C(=O)NCC(C)C)N(Cc1c(Cl)cccc1Cl)C(=O)CCCN(c1ccc(C)cc1)S(C)(=O)=O. The standard InChI is InChI=1S/C27H37Cl2N3O4S/c1-6-25(27(34)30-17-19(2)3)31(18-22-23(28)9-7-10-24(22)29)26(33)11-8-16-32(37(5,35)36)21-14-12-20(4)13-15-21/h7,9-10,12-15,19,25H,6,8,11,16-18H2,1-5H3,(H,30,34)/t25-/m1/s1. The van der Waals surface area contributed by atoms with E-state index in [-0.39, 0.29) is 43.7 Å². The molecule has 0 spiro atoms. The number of rotatable bonds is 13. The molecular weight excluding hydrogens is 533 g/mol. The zero-order chi connectivity index (χ0) is 27.8. The van der Waals surface area contributed by atoms with Crippen LogP contribution in [-0.2, 0) is 26.2 Å². The van der Waals surface area contributed by atoms with Gasteiger partial charge in [0, 0.05) is 41.7 Å². The maximum atomic E-state index is 13.5. The minimum absolute atomic E-state index is 0.0495. The zero-order valence-corrected chi connectivity index (χ0v) is 24.5. The molecule has 10 heteroatoms. The lowest BCUT2D eigenvalue weighted by Crippen LogP contribution is -2.49. The first kappa shape index (κ1) is 30.9. The minimum atomic E-state index is -3.55. The third-order valence-corrected chi connectivity index (χ3v) is 7.84. The molecule has 0 aliphatic rings. The van der Waals surface area contributed by atoms with Gasteiger partial charge in [0.2, 0.25) is 21.8 Å². The van der Waals surface area contributed by atoms with Gasteiger partial charge in [-0.25, -0.2) is 8.42 Å². The van der Waals surface area contributed by atoms with E-state index in [2.05, 4.69) is 5.32 Å². The molecule has 0 saturated heterocycles. The molecule has 204 valence electrons. The summed E-state index contributed by atoms with van der Waals surface area (Å²) in [6, 6.07) is 11.6. The number of aryl methyl sites for hydroxylation is 1. The summed E-state index contributed by atoms with van der Waals surface area (Å²) in [4.78, 5) is 28.1. The van der Waals surface area contributed by atoms with Crippen LogP contribution in [0.1, 0.15) is 51.2 Å². The lowest BCUT2D eigenvalue weighted by atomic mass is 10.1. The van der Waals surface area contributed by atoms with E-state index in [0.717, 1.165) is 11.8 Å². The molecule has 1 atom stereocenters. The summed E-state index contributed by atoms with van der Waals surface area (Å²) in [5.41, 5.74) is 2.12. The molecule has 2 aromatic rings. The van der Waals surface area contributed by atoms with Gasteiger partial charge < -0.3 is 10.2 Å². The van der Waals surface area contributed by atoms with Crippen LogP contribution in [0.3, 0.4) is 0 Å². The minimum Gasteiger partial charge on any atom is -0.354 e. The van der Waals surface area contributed by atoms with Gasteiger partial charge in [0.25, 0.3) is 0 Å². The van der Waals surface area contributed by atoms with E-state index in [1.165, 1.54) is 9.21 Å². The van der Waals surface area contributed by atoms with Crippen LogP contribution in [-0.4, -0.2) is 50.5 Å². The van der Waals surface area contributed by atoms with Gasteiger partial charge in [0.05, 0.1) is 11.9 Å². The zero-order valence-electron chi connectivity index (χ0n) is 22.1. The fraction of sp³-hybridized carbons (Fsp3) is 0.481. The van der Waals surface area contributed by atoms with Crippen molar-refractivity contribution < 1.29 is 18.0 Å². The van der Waals surface area contributed by atoms with Gasteiger partial charge >= 0.3 is 0 Å². The van der Waals surface area contributed by atoms with Gasteiger partial charge in [-0.3, -0.25) is 13.9 Å². The van der Waals surface area contributed by atoms with Crippen molar-refractivity contribution in [3.05, 3.63) is 63.6 Å². The largest absolute Gasteiger partial charge is 0.354 e. The second kappa shape index (κ2) is 14.0. The third-order valence-electron chi connectivity index (χ3n) is 5.93. The van der Waals surface area contributed by atoms with Crippen LogP contribution in [0.5, 0.6) is 0 Å². The number of hydrogen-bond donors (Lipinski definition) is 1. The first-order valence-corrected chi connectivity index (χ1v) is 15.0. The molecule has 2 rings (SSSR count). The first-order valence-electron chi connectivity index (χ1n) is 12.4. The topological polar surface area (TPSA) is 86.8 Å². The lowest BCUT2D eigenvalue weighted by molar-refractivity contribution is -0.141. The van der Waals surface area contributed by atoms with Crippen molar-refractivity contribution in [2.24, 2.45) is 5.92 Å². The van der Waals surface area contributed by atoms with Crippen molar-refractivity contribution in [2.75, 3.05) is 23.7 Å². The van der Waals surface area contributed by atoms with E-state index in [4.69, 9.17) is 23.2 Å². The molecule has 0 unspecified atom stereocenters. The quantitative estimate of drug-likeness (QED) is 0.348. The van der Waals surface area contributed by atoms with Crippen molar-refractivity contribution in [2.45, 2.75) is 59.5 Å². The van der Waals surface area contributed by atoms with Gasteiger partial charge in [-0.1, -0.05) is 67.7 Å². The Bertz CT molecular complexity index is 1150. The summed E-state index contributed by atoms with van der Waals surface area (Å²) in [5.74, 6) is -0.266. The number of carbonyl (C=O) groups is 2. The van der Waals surface area contributed by atoms with Crippen molar-refractivity contribution in [1.82, 2.24) is 10.2 Å². The van der Waals surface area contributed by atoms with Gasteiger partial charge in [-0.15, -0.1) is 0 Å². The highest BCUT2D eigenvalue weighted by molar-refractivity contribution is 7.92. The van der Waals surface area contributed by atoms with Crippen LogP contribution in [0.4, 0.5) is 5.69 Å². The molecule has 7 nitrogen and oxygen atoms in total. The Labute approximate surface area is 231 Å². The number of sulfonamides is 1. The molecule has 0 aliphatic carbocycles. The second-order valence-electron chi connectivity index (χ2n) is 9.56. The van der Waals surface area contributed by atoms with Crippen molar-refractivity contribution in [1.29, 1.82) is 0 Å². The number of carbonyl (C=O) groups excluding carboxylic acids is 2. The Morgan fingerprint density at radius 1 is 1.03 bits per heavy atom. The average molecular weight is 571 g/mol. The lowest BCUT2D eigenvalue weighted by Gasteiger charge is -2.32. The van der Waals surface area contributed by atoms with Crippen LogP contribution in [0.2, 0.25) is 10.0 Å². The highest BCUT2D eigenvalue weighted by atomic mass is 35.5. The first-order chi connectivity index (χ1) is 17.3. The van der Waals surface area contributed by atoms with E-state index >= 15 is 0 Å². The Balaban J connectivity index is 2.26. The van der Waals surface area contributed by atoms with Crippen LogP contribution in [0, 0.1) is 12.8 Å². The number of amides is 2.